The maximum Gasteiger partial charge on any atom is 0.306 e. The second kappa shape index (κ2) is 53.7. The predicted molar refractivity (Wildman–Crippen MR) is 279 cm³/mol. The van der Waals surface area contributed by atoms with E-state index in [-0.39, 0.29) is 37.5 Å². The zero-order valence-electron chi connectivity index (χ0n) is 43.0. The molecule has 0 fully saturated rings. The Bertz CT molecular complexity index is 1180. The molecular formula is C59H104O6. The van der Waals surface area contributed by atoms with Crippen LogP contribution in [0.1, 0.15) is 278 Å². The van der Waals surface area contributed by atoms with E-state index < -0.39 is 6.10 Å². The Kier molecular flexibility index (Phi) is 51.3. The topological polar surface area (TPSA) is 78.9 Å². The van der Waals surface area contributed by atoms with Crippen molar-refractivity contribution in [2.75, 3.05) is 13.2 Å². The molecule has 0 aliphatic rings. The van der Waals surface area contributed by atoms with Crippen LogP contribution in [-0.2, 0) is 28.6 Å². The van der Waals surface area contributed by atoms with Crippen molar-refractivity contribution in [3.8, 4) is 0 Å². The van der Waals surface area contributed by atoms with Crippen LogP contribution in [0.5, 0.6) is 0 Å². The van der Waals surface area contributed by atoms with Crippen LogP contribution in [0.15, 0.2) is 60.8 Å². The van der Waals surface area contributed by atoms with Crippen molar-refractivity contribution >= 4 is 17.9 Å². The molecule has 0 heterocycles. The Morgan fingerprint density at radius 3 is 0.985 bits per heavy atom. The summed E-state index contributed by atoms with van der Waals surface area (Å²) in [6, 6.07) is 0. The van der Waals surface area contributed by atoms with Gasteiger partial charge in [-0.25, -0.2) is 0 Å². The molecule has 0 aromatic heterocycles. The van der Waals surface area contributed by atoms with E-state index >= 15 is 0 Å². The maximum absolute atomic E-state index is 12.8. The average molecular weight is 909 g/mol. The predicted octanol–water partition coefficient (Wildman–Crippen LogP) is 18.4. The summed E-state index contributed by atoms with van der Waals surface area (Å²) in [6.07, 6.45) is 66.4. The van der Waals surface area contributed by atoms with Crippen molar-refractivity contribution in [1.29, 1.82) is 0 Å². The number of carbonyl (C=O) groups is 3. The summed E-state index contributed by atoms with van der Waals surface area (Å²) in [4.78, 5) is 38.0. The minimum Gasteiger partial charge on any atom is -0.462 e. The van der Waals surface area contributed by atoms with Gasteiger partial charge in [0.25, 0.3) is 0 Å². The number of unbranched alkanes of at least 4 members (excludes halogenated alkanes) is 29. The first-order valence-electron chi connectivity index (χ1n) is 27.8. The summed E-state index contributed by atoms with van der Waals surface area (Å²) >= 11 is 0. The highest BCUT2D eigenvalue weighted by Crippen LogP contribution is 2.16. The molecule has 0 aromatic carbocycles. The Morgan fingerprint density at radius 2 is 0.569 bits per heavy atom. The molecule has 6 heteroatoms. The van der Waals surface area contributed by atoms with Crippen LogP contribution in [0.3, 0.4) is 0 Å². The van der Waals surface area contributed by atoms with Crippen molar-refractivity contribution < 1.29 is 28.6 Å². The Balaban J connectivity index is 4.44. The number of carbonyl (C=O) groups excluding carboxylic acids is 3. The summed E-state index contributed by atoms with van der Waals surface area (Å²) in [6.45, 7) is 6.56. The summed E-state index contributed by atoms with van der Waals surface area (Å²) < 4.78 is 16.8. The van der Waals surface area contributed by atoms with Gasteiger partial charge in [0, 0.05) is 19.3 Å². The van der Waals surface area contributed by atoms with E-state index in [9.17, 15) is 14.4 Å². The number of ether oxygens (including phenoxy) is 3. The fourth-order valence-electron chi connectivity index (χ4n) is 7.78. The SMILES string of the molecule is CCCCC/C=C\C/C=C\C/C=C\C/C=C\CCCC(=O)OC[C@@H](COC(=O)CCCCCCC/C=C\CCCCCC)OC(=O)CCCCCCCCCCCCCCCCCCC. The zero-order valence-corrected chi connectivity index (χ0v) is 43.0. The van der Waals surface area contributed by atoms with Crippen LogP contribution in [0, 0.1) is 0 Å². The first-order chi connectivity index (χ1) is 32.0. The Hall–Kier alpha value is -2.89. The van der Waals surface area contributed by atoms with Gasteiger partial charge in [0.15, 0.2) is 6.10 Å². The first kappa shape index (κ1) is 62.1. The van der Waals surface area contributed by atoms with Crippen molar-refractivity contribution in [1.82, 2.24) is 0 Å². The lowest BCUT2D eigenvalue weighted by atomic mass is 10.0. The number of allylic oxidation sites excluding steroid dienone is 10. The van der Waals surface area contributed by atoms with E-state index in [2.05, 4.69) is 81.5 Å². The maximum atomic E-state index is 12.8. The van der Waals surface area contributed by atoms with Crippen molar-refractivity contribution in [2.24, 2.45) is 0 Å². The molecule has 0 rings (SSSR count). The molecular weight excluding hydrogens is 805 g/mol. The second-order valence-corrected chi connectivity index (χ2v) is 18.5. The van der Waals surface area contributed by atoms with Crippen LogP contribution in [0.25, 0.3) is 0 Å². The summed E-state index contributed by atoms with van der Waals surface area (Å²) in [7, 11) is 0. The number of rotatable bonds is 50. The second-order valence-electron chi connectivity index (χ2n) is 18.5. The fourth-order valence-corrected chi connectivity index (χ4v) is 7.78. The lowest BCUT2D eigenvalue weighted by molar-refractivity contribution is -0.167. The first-order valence-corrected chi connectivity index (χ1v) is 27.8. The molecule has 6 nitrogen and oxygen atoms in total. The molecule has 0 saturated carbocycles. The third-order valence-corrected chi connectivity index (χ3v) is 12.0. The highest BCUT2D eigenvalue weighted by atomic mass is 16.6. The van der Waals surface area contributed by atoms with Crippen molar-refractivity contribution in [2.45, 2.75) is 284 Å². The summed E-state index contributed by atoms with van der Waals surface area (Å²) in [5.74, 6) is -0.950. The molecule has 0 aromatic rings. The zero-order chi connectivity index (χ0) is 47.2. The van der Waals surface area contributed by atoms with E-state index in [4.69, 9.17) is 14.2 Å². The molecule has 0 bridgehead atoms. The van der Waals surface area contributed by atoms with Crippen LogP contribution in [0.4, 0.5) is 0 Å². The van der Waals surface area contributed by atoms with E-state index in [0.29, 0.717) is 19.3 Å². The largest absolute Gasteiger partial charge is 0.462 e. The molecule has 0 saturated heterocycles. The molecule has 0 N–H and O–H groups in total. The highest BCUT2D eigenvalue weighted by Gasteiger charge is 2.19. The normalized spacial score (nSPS) is 12.5. The van der Waals surface area contributed by atoms with E-state index in [0.717, 1.165) is 70.6 Å². The summed E-state index contributed by atoms with van der Waals surface area (Å²) in [5, 5.41) is 0. The number of hydrogen-bond donors (Lipinski definition) is 0. The monoisotopic (exact) mass is 909 g/mol. The van der Waals surface area contributed by atoms with E-state index in [1.165, 1.54) is 161 Å². The van der Waals surface area contributed by atoms with Gasteiger partial charge in [-0.3, -0.25) is 14.4 Å². The molecule has 0 spiro atoms. The quantitative estimate of drug-likeness (QED) is 0.0262. The van der Waals surface area contributed by atoms with Crippen LogP contribution >= 0.6 is 0 Å². The minimum absolute atomic E-state index is 0.0934. The molecule has 376 valence electrons. The van der Waals surface area contributed by atoms with Gasteiger partial charge >= 0.3 is 17.9 Å². The van der Waals surface area contributed by atoms with Gasteiger partial charge in [0.2, 0.25) is 0 Å². The lowest BCUT2D eigenvalue weighted by Gasteiger charge is -2.18. The van der Waals surface area contributed by atoms with Gasteiger partial charge in [-0.15, -0.1) is 0 Å². The van der Waals surface area contributed by atoms with Gasteiger partial charge in [0.05, 0.1) is 0 Å². The van der Waals surface area contributed by atoms with Gasteiger partial charge in [-0.05, 0) is 83.5 Å². The van der Waals surface area contributed by atoms with E-state index in [1.54, 1.807) is 0 Å². The molecule has 0 aliphatic heterocycles. The molecule has 65 heavy (non-hydrogen) atoms. The van der Waals surface area contributed by atoms with Gasteiger partial charge in [0.1, 0.15) is 13.2 Å². The number of hydrogen-bond acceptors (Lipinski definition) is 6. The number of esters is 3. The molecule has 0 aliphatic carbocycles. The third kappa shape index (κ3) is 51.9. The Labute approximate surface area is 402 Å². The molecule has 1 atom stereocenters. The lowest BCUT2D eigenvalue weighted by Crippen LogP contribution is -2.30. The van der Waals surface area contributed by atoms with Gasteiger partial charge < -0.3 is 14.2 Å². The van der Waals surface area contributed by atoms with Crippen LogP contribution in [-0.4, -0.2) is 37.2 Å². The third-order valence-electron chi connectivity index (χ3n) is 12.0. The van der Waals surface area contributed by atoms with Crippen molar-refractivity contribution in [3.05, 3.63) is 60.8 Å². The van der Waals surface area contributed by atoms with E-state index in [1.807, 2.05) is 0 Å². The van der Waals surface area contributed by atoms with Crippen molar-refractivity contribution in [3.63, 3.8) is 0 Å². The van der Waals surface area contributed by atoms with Gasteiger partial charge in [-0.2, -0.15) is 0 Å². The smallest absolute Gasteiger partial charge is 0.306 e. The summed E-state index contributed by atoms with van der Waals surface area (Å²) in [5.41, 5.74) is 0. The molecule has 0 radical (unpaired) electrons. The standard InChI is InChI=1S/C59H104O6/c1-4-7-10-13-16-19-22-25-27-29-31-34-37-40-43-46-49-52-58(61)64-55-56(54-63-57(60)51-48-45-42-39-36-33-24-21-18-15-12-9-6-3)65-59(62)53-50-47-44-41-38-35-32-30-28-26-23-20-17-14-11-8-5-2/h16,19,21,24-25,27,31,34,40,43,56H,4-15,17-18,20,22-23,26,28-30,32-33,35-39,41-42,44-55H2,1-3H3/b19-16-,24-21-,27-25-,34-31-,43-40-/t56-/m1/s1. The minimum atomic E-state index is -0.797. The van der Waals surface area contributed by atoms with Crippen LogP contribution < -0.4 is 0 Å². The Morgan fingerprint density at radius 1 is 0.308 bits per heavy atom. The average Bonchev–Trinajstić information content (AvgIpc) is 3.30. The fraction of sp³-hybridized carbons (Fsp3) is 0.780. The molecule has 0 unspecified atom stereocenters. The molecule has 0 amide bonds. The highest BCUT2D eigenvalue weighted by molar-refractivity contribution is 5.71. The van der Waals surface area contributed by atoms with Gasteiger partial charge in [-0.1, -0.05) is 236 Å². The van der Waals surface area contributed by atoms with Crippen LogP contribution in [0.2, 0.25) is 0 Å².